The summed E-state index contributed by atoms with van der Waals surface area (Å²) < 4.78 is 13.4. The summed E-state index contributed by atoms with van der Waals surface area (Å²) in [7, 11) is 1.85. The Kier molecular flexibility index (Phi) is 4.61. The van der Waals surface area contributed by atoms with E-state index >= 15 is 0 Å². The highest BCUT2D eigenvalue weighted by molar-refractivity contribution is 6.31. The second kappa shape index (κ2) is 5.75. The van der Waals surface area contributed by atoms with Crippen LogP contribution < -0.4 is 5.32 Å². The van der Waals surface area contributed by atoms with Gasteiger partial charge in [-0.05, 0) is 31.7 Å². The third-order valence-corrected chi connectivity index (χ3v) is 2.38. The number of aryl methyl sites for hydroxylation is 1. The second-order valence-electron chi connectivity index (χ2n) is 3.24. The van der Waals surface area contributed by atoms with E-state index < -0.39 is 0 Å². The van der Waals surface area contributed by atoms with Crippen molar-refractivity contribution in [3.63, 3.8) is 0 Å². The molecule has 0 aliphatic rings. The summed E-state index contributed by atoms with van der Waals surface area (Å²) in [6.07, 6.45) is 0.696. The van der Waals surface area contributed by atoms with Crippen LogP contribution in [0.3, 0.4) is 0 Å². The van der Waals surface area contributed by atoms with Crippen molar-refractivity contribution in [3.05, 3.63) is 34.1 Å². The molecule has 15 heavy (non-hydrogen) atoms. The van der Waals surface area contributed by atoms with Crippen LogP contribution in [-0.4, -0.2) is 13.6 Å². The molecule has 3 heteroatoms. The summed E-state index contributed by atoms with van der Waals surface area (Å²) >= 11 is 5.88. The van der Waals surface area contributed by atoms with Crippen LogP contribution in [0.1, 0.15) is 17.5 Å². The molecule has 0 radical (unpaired) electrons. The van der Waals surface area contributed by atoms with Crippen LogP contribution in [0.5, 0.6) is 0 Å². The first-order valence-corrected chi connectivity index (χ1v) is 5.12. The Labute approximate surface area is 94.6 Å². The number of benzene rings is 1. The molecule has 0 spiro atoms. The lowest BCUT2D eigenvalue weighted by molar-refractivity contribution is 0.623. The van der Waals surface area contributed by atoms with Gasteiger partial charge >= 0.3 is 0 Å². The molecule has 0 amide bonds. The molecular formula is C12H13ClFN. The second-order valence-corrected chi connectivity index (χ2v) is 3.64. The first-order valence-electron chi connectivity index (χ1n) is 4.74. The standard InChI is InChI=1S/C12H13ClFN/c1-9-7-12(14)10(8-11(9)13)5-3-4-6-15-2/h7-8,15H,4,6H2,1-2H3. The van der Waals surface area contributed by atoms with Gasteiger partial charge in [0.05, 0.1) is 5.56 Å². The molecule has 0 saturated carbocycles. The molecule has 1 aromatic carbocycles. The molecule has 0 heterocycles. The van der Waals surface area contributed by atoms with Gasteiger partial charge in [-0.3, -0.25) is 0 Å². The number of rotatable bonds is 2. The highest BCUT2D eigenvalue weighted by Crippen LogP contribution is 2.19. The van der Waals surface area contributed by atoms with Gasteiger partial charge in [0.15, 0.2) is 0 Å². The van der Waals surface area contributed by atoms with Crippen molar-refractivity contribution in [2.24, 2.45) is 0 Å². The van der Waals surface area contributed by atoms with Crippen molar-refractivity contribution in [1.29, 1.82) is 0 Å². The topological polar surface area (TPSA) is 12.0 Å². The van der Waals surface area contributed by atoms with E-state index in [-0.39, 0.29) is 5.82 Å². The Morgan fingerprint density at radius 3 is 2.87 bits per heavy atom. The molecule has 1 aromatic rings. The Hall–Kier alpha value is -1.04. The molecule has 1 nitrogen and oxygen atoms in total. The summed E-state index contributed by atoms with van der Waals surface area (Å²) in [6.45, 7) is 2.57. The molecule has 80 valence electrons. The maximum atomic E-state index is 13.4. The van der Waals surface area contributed by atoms with Crippen molar-refractivity contribution in [3.8, 4) is 11.8 Å². The molecule has 0 unspecified atom stereocenters. The van der Waals surface area contributed by atoms with Crippen molar-refractivity contribution < 1.29 is 4.39 Å². The Balaban J connectivity index is 2.84. The molecule has 0 fully saturated rings. The summed E-state index contributed by atoms with van der Waals surface area (Å²) in [5, 5.41) is 3.52. The average Bonchev–Trinajstić information content (AvgIpc) is 2.20. The van der Waals surface area contributed by atoms with E-state index in [2.05, 4.69) is 17.2 Å². The van der Waals surface area contributed by atoms with Gasteiger partial charge < -0.3 is 5.32 Å². The van der Waals surface area contributed by atoms with Gasteiger partial charge in [0.2, 0.25) is 0 Å². The lowest BCUT2D eigenvalue weighted by atomic mass is 10.1. The maximum Gasteiger partial charge on any atom is 0.139 e. The van der Waals surface area contributed by atoms with Crippen LogP contribution in [0, 0.1) is 24.6 Å². The third-order valence-electron chi connectivity index (χ3n) is 1.97. The van der Waals surface area contributed by atoms with E-state index in [1.54, 1.807) is 13.0 Å². The number of hydrogen-bond acceptors (Lipinski definition) is 1. The van der Waals surface area contributed by atoms with Crippen LogP contribution in [0.2, 0.25) is 5.02 Å². The zero-order valence-electron chi connectivity index (χ0n) is 8.82. The molecule has 0 atom stereocenters. The minimum atomic E-state index is -0.311. The molecule has 0 aliphatic heterocycles. The normalized spacial score (nSPS) is 9.60. The minimum absolute atomic E-state index is 0.311. The first-order chi connectivity index (χ1) is 7.15. The van der Waals surface area contributed by atoms with Crippen molar-refractivity contribution in [2.75, 3.05) is 13.6 Å². The lowest BCUT2D eigenvalue weighted by Crippen LogP contribution is -2.05. The fourth-order valence-corrected chi connectivity index (χ4v) is 1.25. The van der Waals surface area contributed by atoms with Crippen molar-refractivity contribution in [1.82, 2.24) is 5.32 Å². The summed E-state index contributed by atoms with van der Waals surface area (Å²) in [4.78, 5) is 0. The first kappa shape index (κ1) is 12.0. The smallest absolute Gasteiger partial charge is 0.139 e. The van der Waals surface area contributed by atoms with Crippen LogP contribution in [0.15, 0.2) is 12.1 Å². The predicted octanol–water partition coefficient (Wildman–Crippen LogP) is 2.75. The summed E-state index contributed by atoms with van der Waals surface area (Å²) in [6, 6.07) is 2.98. The number of halogens is 2. The highest BCUT2D eigenvalue weighted by atomic mass is 35.5. The molecular weight excluding hydrogens is 213 g/mol. The molecule has 0 aromatic heterocycles. The van der Waals surface area contributed by atoms with Crippen molar-refractivity contribution >= 4 is 11.6 Å². The zero-order valence-corrected chi connectivity index (χ0v) is 9.58. The van der Waals surface area contributed by atoms with Gasteiger partial charge in [-0.15, -0.1) is 0 Å². The number of nitrogens with one attached hydrogen (secondary N) is 1. The van der Waals surface area contributed by atoms with Gasteiger partial charge in [0, 0.05) is 18.0 Å². The van der Waals surface area contributed by atoms with Crippen LogP contribution in [0.4, 0.5) is 4.39 Å². The zero-order chi connectivity index (χ0) is 11.3. The van der Waals surface area contributed by atoms with Gasteiger partial charge in [-0.1, -0.05) is 23.4 Å². The van der Waals surface area contributed by atoms with Gasteiger partial charge in [0.1, 0.15) is 5.82 Å². The predicted molar refractivity (Wildman–Crippen MR) is 61.6 cm³/mol. The molecule has 0 aliphatic carbocycles. The van der Waals surface area contributed by atoms with E-state index in [0.29, 0.717) is 17.0 Å². The van der Waals surface area contributed by atoms with Gasteiger partial charge in [-0.25, -0.2) is 4.39 Å². The fraction of sp³-hybridized carbons (Fsp3) is 0.333. The average molecular weight is 226 g/mol. The third kappa shape index (κ3) is 3.54. The molecule has 1 rings (SSSR count). The van der Waals surface area contributed by atoms with E-state index in [1.165, 1.54) is 6.07 Å². The monoisotopic (exact) mass is 225 g/mol. The fourth-order valence-electron chi connectivity index (χ4n) is 1.09. The Morgan fingerprint density at radius 1 is 1.47 bits per heavy atom. The largest absolute Gasteiger partial charge is 0.319 e. The molecule has 1 N–H and O–H groups in total. The van der Waals surface area contributed by atoms with Crippen LogP contribution in [0.25, 0.3) is 0 Å². The van der Waals surface area contributed by atoms with E-state index in [1.807, 2.05) is 7.05 Å². The summed E-state index contributed by atoms with van der Waals surface area (Å²) in [5.41, 5.74) is 1.09. The minimum Gasteiger partial charge on any atom is -0.319 e. The van der Waals surface area contributed by atoms with E-state index in [9.17, 15) is 4.39 Å². The quantitative estimate of drug-likeness (QED) is 0.603. The summed E-state index contributed by atoms with van der Waals surface area (Å²) in [5.74, 6) is 5.33. The SMILES string of the molecule is CNCCC#Cc1cc(Cl)c(C)cc1F. The van der Waals surface area contributed by atoms with Crippen molar-refractivity contribution in [2.45, 2.75) is 13.3 Å². The maximum absolute atomic E-state index is 13.4. The highest BCUT2D eigenvalue weighted by Gasteiger charge is 2.03. The Bertz CT molecular complexity index is 404. The van der Waals surface area contributed by atoms with Crippen LogP contribution in [-0.2, 0) is 0 Å². The van der Waals surface area contributed by atoms with Gasteiger partial charge in [-0.2, -0.15) is 0 Å². The van der Waals surface area contributed by atoms with Gasteiger partial charge in [0.25, 0.3) is 0 Å². The van der Waals surface area contributed by atoms with Crippen LogP contribution >= 0.6 is 11.6 Å². The molecule has 0 bridgehead atoms. The number of hydrogen-bond donors (Lipinski definition) is 1. The molecule has 0 saturated heterocycles. The van der Waals surface area contributed by atoms with E-state index in [4.69, 9.17) is 11.6 Å². The Morgan fingerprint density at radius 2 is 2.20 bits per heavy atom. The lowest BCUT2D eigenvalue weighted by Gasteiger charge is -1.99. The van der Waals surface area contributed by atoms with E-state index in [0.717, 1.165) is 12.1 Å².